The molecule has 0 unspecified atom stereocenters. The van der Waals surface area contributed by atoms with Crippen LogP contribution in [0.15, 0.2) is 18.2 Å². The molecule has 1 rings (SSSR count). The molecule has 0 radical (unpaired) electrons. The highest BCUT2D eigenvalue weighted by Crippen LogP contribution is 2.20. The molecule has 0 aliphatic heterocycles. The van der Waals surface area contributed by atoms with Crippen molar-refractivity contribution >= 4 is 29.3 Å². The SMILES string of the molecule is CCN(CC(C)(C)O)C(=O)c1ccc(C=CC(=O)O)s1. The molecule has 0 saturated carbocycles. The second-order valence-electron chi connectivity index (χ2n) is 5.01. The predicted molar refractivity (Wildman–Crippen MR) is 78.9 cm³/mol. The molecule has 0 spiro atoms. The van der Waals surface area contributed by atoms with Crippen LogP contribution in [-0.2, 0) is 4.79 Å². The molecule has 0 aliphatic carbocycles. The van der Waals surface area contributed by atoms with Gasteiger partial charge in [0.15, 0.2) is 0 Å². The van der Waals surface area contributed by atoms with Crippen LogP contribution in [0.4, 0.5) is 0 Å². The maximum absolute atomic E-state index is 12.3. The summed E-state index contributed by atoms with van der Waals surface area (Å²) in [6.45, 7) is 5.90. The molecule has 2 N–H and O–H groups in total. The first-order valence-corrected chi connectivity index (χ1v) is 7.07. The molecular formula is C14H19NO4S. The minimum atomic E-state index is -1.02. The second-order valence-corrected chi connectivity index (χ2v) is 6.12. The molecular weight excluding hydrogens is 278 g/mol. The fraction of sp³-hybridized carbons (Fsp3) is 0.429. The Morgan fingerprint density at radius 2 is 2.05 bits per heavy atom. The van der Waals surface area contributed by atoms with Gasteiger partial charge in [-0.2, -0.15) is 0 Å². The number of aliphatic hydroxyl groups is 1. The number of nitrogens with zero attached hydrogens (tertiary/aromatic N) is 1. The zero-order chi connectivity index (χ0) is 15.3. The van der Waals surface area contributed by atoms with Crippen molar-refractivity contribution in [3.8, 4) is 0 Å². The maximum Gasteiger partial charge on any atom is 0.328 e. The van der Waals surface area contributed by atoms with Crippen LogP contribution < -0.4 is 0 Å². The second kappa shape index (κ2) is 6.67. The first kappa shape index (κ1) is 16.4. The van der Waals surface area contributed by atoms with E-state index < -0.39 is 11.6 Å². The third-order valence-corrected chi connectivity index (χ3v) is 3.51. The van der Waals surface area contributed by atoms with Gasteiger partial charge in [-0.25, -0.2) is 4.79 Å². The van der Waals surface area contributed by atoms with Crippen LogP contribution >= 0.6 is 11.3 Å². The Hall–Kier alpha value is -1.66. The topological polar surface area (TPSA) is 77.8 Å². The van der Waals surface area contributed by atoms with E-state index in [1.165, 1.54) is 17.4 Å². The Balaban J connectivity index is 2.83. The molecule has 1 aromatic rings. The maximum atomic E-state index is 12.3. The predicted octanol–water partition coefficient (Wildman–Crippen LogP) is 2.08. The molecule has 0 bridgehead atoms. The fourth-order valence-corrected chi connectivity index (χ4v) is 2.54. The molecule has 0 aromatic carbocycles. The van der Waals surface area contributed by atoms with Gasteiger partial charge < -0.3 is 15.1 Å². The van der Waals surface area contributed by atoms with Crippen molar-refractivity contribution in [1.29, 1.82) is 0 Å². The molecule has 20 heavy (non-hydrogen) atoms. The Bertz CT molecular complexity index is 513. The van der Waals surface area contributed by atoms with E-state index in [-0.39, 0.29) is 12.5 Å². The van der Waals surface area contributed by atoms with Crippen molar-refractivity contribution in [2.75, 3.05) is 13.1 Å². The lowest BCUT2D eigenvalue weighted by atomic mass is 10.1. The third kappa shape index (κ3) is 5.14. The number of likely N-dealkylation sites (N-methyl/N-ethyl adjacent to an activating group) is 1. The largest absolute Gasteiger partial charge is 0.478 e. The molecule has 1 heterocycles. The van der Waals surface area contributed by atoms with Gasteiger partial charge in [-0.05, 0) is 39.0 Å². The van der Waals surface area contributed by atoms with Gasteiger partial charge in [-0.3, -0.25) is 4.79 Å². The van der Waals surface area contributed by atoms with Crippen molar-refractivity contribution in [1.82, 2.24) is 4.90 Å². The summed E-state index contributed by atoms with van der Waals surface area (Å²) in [6, 6.07) is 3.37. The van der Waals surface area contributed by atoms with Crippen molar-refractivity contribution in [3.63, 3.8) is 0 Å². The average Bonchev–Trinajstić information content (AvgIpc) is 2.80. The van der Waals surface area contributed by atoms with E-state index >= 15 is 0 Å². The van der Waals surface area contributed by atoms with Gasteiger partial charge in [0.05, 0.1) is 10.5 Å². The van der Waals surface area contributed by atoms with Crippen LogP contribution in [-0.4, -0.2) is 45.7 Å². The third-order valence-electron chi connectivity index (χ3n) is 2.47. The first-order chi connectivity index (χ1) is 9.23. The summed E-state index contributed by atoms with van der Waals surface area (Å²) >= 11 is 1.23. The first-order valence-electron chi connectivity index (χ1n) is 6.25. The molecule has 0 atom stereocenters. The number of thiophene rings is 1. The van der Waals surface area contributed by atoms with E-state index in [2.05, 4.69) is 0 Å². The number of amides is 1. The highest BCUT2D eigenvalue weighted by Gasteiger charge is 2.23. The van der Waals surface area contributed by atoms with E-state index in [0.29, 0.717) is 16.3 Å². The van der Waals surface area contributed by atoms with Gasteiger partial charge >= 0.3 is 5.97 Å². The van der Waals surface area contributed by atoms with E-state index in [1.54, 1.807) is 30.9 Å². The van der Waals surface area contributed by atoms with Crippen LogP contribution in [0.5, 0.6) is 0 Å². The minimum Gasteiger partial charge on any atom is -0.478 e. The number of carbonyl (C=O) groups excluding carboxylic acids is 1. The zero-order valence-electron chi connectivity index (χ0n) is 11.8. The highest BCUT2D eigenvalue weighted by atomic mass is 32.1. The standard InChI is InChI=1S/C14H19NO4S/c1-4-15(9-14(2,3)19)13(18)11-7-5-10(20-11)6-8-12(16)17/h5-8,19H,4,9H2,1-3H3,(H,16,17). The lowest BCUT2D eigenvalue weighted by molar-refractivity contribution is -0.131. The number of carbonyl (C=O) groups is 2. The molecule has 1 amide bonds. The normalized spacial score (nSPS) is 11.8. The summed E-state index contributed by atoms with van der Waals surface area (Å²) < 4.78 is 0. The van der Waals surface area contributed by atoms with Crippen LogP contribution in [0.2, 0.25) is 0 Å². The van der Waals surface area contributed by atoms with Gasteiger partial charge in [-0.1, -0.05) is 0 Å². The van der Waals surface area contributed by atoms with Gasteiger partial charge in [0.2, 0.25) is 0 Å². The van der Waals surface area contributed by atoms with Crippen LogP contribution in [0.1, 0.15) is 35.3 Å². The van der Waals surface area contributed by atoms with Crippen LogP contribution in [0.25, 0.3) is 6.08 Å². The fourth-order valence-electron chi connectivity index (χ4n) is 1.66. The van der Waals surface area contributed by atoms with Crippen LogP contribution in [0, 0.1) is 0 Å². The summed E-state index contributed by atoms with van der Waals surface area (Å²) in [7, 11) is 0. The Labute approximate surface area is 122 Å². The van der Waals surface area contributed by atoms with E-state index in [0.717, 1.165) is 6.08 Å². The van der Waals surface area contributed by atoms with Crippen molar-refractivity contribution in [3.05, 3.63) is 28.0 Å². The Morgan fingerprint density at radius 1 is 1.40 bits per heavy atom. The summed E-state index contributed by atoms with van der Waals surface area (Å²) in [5.41, 5.74) is -0.949. The molecule has 6 heteroatoms. The lowest BCUT2D eigenvalue weighted by Gasteiger charge is -2.27. The monoisotopic (exact) mass is 297 g/mol. The summed E-state index contributed by atoms with van der Waals surface area (Å²) in [6.07, 6.45) is 2.49. The highest BCUT2D eigenvalue weighted by molar-refractivity contribution is 7.14. The number of hydrogen-bond donors (Lipinski definition) is 2. The summed E-state index contributed by atoms with van der Waals surface area (Å²) in [5, 5.41) is 18.4. The number of carboxylic acid groups (broad SMARTS) is 1. The number of hydrogen-bond acceptors (Lipinski definition) is 4. The molecule has 0 fully saturated rings. The van der Waals surface area contributed by atoms with Crippen LogP contribution in [0.3, 0.4) is 0 Å². The lowest BCUT2D eigenvalue weighted by Crippen LogP contribution is -2.41. The van der Waals surface area contributed by atoms with Crippen molar-refractivity contribution < 1.29 is 19.8 Å². The summed E-state index contributed by atoms with van der Waals surface area (Å²) in [4.78, 5) is 25.5. The molecule has 1 aromatic heterocycles. The zero-order valence-corrected chi connectivity index (χ0v) is 12.6. The van der Waals surface area contributed by atoms with Crippen molar-refractivity contribution in [2.24, 2.45) is 0 Å². The Kier molecular flexibility index (Phi) is 5.47. The minimum absolute atomic E-state index is 0.158. The molecule has 0 saturated heterocycles. The van der Waals surface area contributed by atoms with Gasteiger partial charge in [0.1, 0.15) is 0 Å². The Morgan fingerprint density at radius 3 is 2.55 bits per heavy atom. The van der Waals surface area contributed by atoms with Crippen molar-refractivity contribution in [2.45, 2.75) is 26.4 Å². The molecule has 110 valence electrons. The molecule has 0 aliphatic rings. The smallest absolute Gasteiger partial charge is 0.328 e. The van der Waals surface area contributed by atoms with Gasteiger partial charge in [0, 0.05) is 24.0 Å². The quantitative estimate of drug-likeness (QED) is 0.788. The number of rotatable bonds is 6. The number of aliphatic carboxylic acids is 1. The number of carboxylic acids is 1. The van der Waals surface area contributed by atoms with E-state index in [1.807, 2.05) is 6.92 Å². The average molecular weight is 297 g/mol. The summed E-state index contributed by atoms with van der Waals surface area (Å²) in [5.74, 6) is -1.18. The van der Waals surface area contributed by atoms with Gasteiger partial charge in [0.25, 0.3) is 5.91 Å². The van der Waals surface area contributed by atoms with E-state index in [4.69, 9.17) is 5.11 Å². The van der Waals surface area contributed by atoms with E-state index in [9.17, 15) is 14.7 Å². The molecule has 5 nitrogen and oxygen atoms in total. The van der Waals surface area contributed by atoms with Gasteiger partial charge in [-0.15, -0.1) is 11.3 Å².